The first-order chi connectivity index (χ1) is 14.1. The van der Waals surface area contributed by atoms with E-state index in [1.807, 2.05) is 6.07 Å². The van der Waals surface area contributed by atoms with Crippen molar-refractivity contribution in [3.05, 3.63) is 40.0 Å². The zero-order valence-electron chi connectivity index (χ0n) is 16.9. The summed E-state index contributed by atoms with van der Waals surface area (Å²) < 4.78 is 17.2. The van der Waals surface area contributed by atoms with Gasteiger partial charge in [0, 0.05) is 4.88 Å². The van der Waals surface area contributed by atoms with Gasteiger partial charge in [-0.3, -0.25) is 0 Å². The number of aryl methyl sites for hydroxylation is 2. The van der Waals surface area contributed by atoms with Crippen molar-refractivity contribution < 1.29 is 24.2 Å². The molecule has 154 valence electrons. The number of aliphatic hydroxyl groups excluding tert-OH is 1. The van der Waals surface area contributed by atoms with Crippen molar-refractivity contribution in [1.29, 1.82) is 0 Å². The highest BCUT2D eigenvalue weighted by molar-refractivity contribution is 7.18. The largest absolute Gasteiger partial charge is 0.493 e. The number of thiophene rings is 1. The molecule has 0 aliphatic carbocycles. The summed E-state index contributed by atoms with van der Waals surface area (Å²) in [4.78, 5) is 13.2. The van der Waals surface area contributed by atoms with Gasteiger partial charge in [0.15, 0.2) is 17.3 Å². The van der Waals surface area contributed by atoms with Crippen LogP contribution in [0.3, 0.4) is 0 Å². The van der Waals surface area contributed by atoms with Gasteiger partial charge >= 0.3 is 0 Å². The van der Waals surface area contributed by atoms with Crippen LogP contribution in [0.1, 0.15) is 21.8 Å². The molecule has 0 atom stereocenters. The minimum Gasteiger partial charge on any atom is -0.493 e. The van der Waals surface area contributed by atoms with Gasteiger partial charge in [0.1, 0.15) is 24.5 Å². The van der Waals surface area contributed by atoms with Crippen LogP contribution in [0.2, 0.25) is 0 Å². The molecule has 0 saturated carbocycles. The monoisotopic (exact) mass is 416 g/mol. The lowest BCUT2D eigenvalue weighted by Gasteiger charge is -2.23. The topological polar surface area (TPSA) is 78.1 Å². The molecule has 8 heteroatoms. The van der Waals surface area contributed by atoms with Crippen LogP contribution >= 0.6 is 11.3 Å². The summed E-state index contributed by atoms with van der Waals surface area (Å²) in [5.41, 5.74) is 1.90. The van der Waals surface area contributed by atoms with Crippen molar-refractivity contribution in [3.8, 4) is 17.4 Å². The Balaban J connectivity index is 1.73. The Morgan fingerprint density at radius 3 is 2.69 bits per heavy atom. The van der Waals surface area contributed by atoms with Gasteiger partial charge in [-0.25, -0.2) is 4.98 Å². The third kappa shape index (κ3) is 4.20. The highest BCUT2D eigenvalue weighted by Crippen LogP contribution is 2.39. The van der Waals surface area contributed by atoms with Crippen molar-refractivity contribution in [3.63, 3.8) is 0 Å². The van der Waals surface area contributed by atoms with Crippen LogP contribution in [0.4, 0.5) is 0 Å². The number of fused-ring (bicyclic) bond motifs is 1. The molecule has 29 heavy (non-hydrogen) atoms. The predicted octanol–water partition coefficient (Wildman–Crippen LogP) is 2.02. The maximum absolute atomic E-state index is 9.38. The van der Waals surface area contributed by atoms with Crippen molar-refractivity contribution >= 4 is 21.6 Å². The minimum atomic E-state index is -0.0519. The maximum atomic E-state index is 9.38. The first-order valence-electron chi connectivity index (χ1n) is 9.72. The Labute approximate surface area is 173 Å². The molecule has 1 aliphatic rings. The first kappa shape index (κ1) is 20.0. The number of rotatable bonds is 6. The summed E-state index contributed by atoms with van der Waals surface area (Å²) in [5.74, 6) is 2.46. The SMILES string of the molecule is COc1cc(CO)ccc1Oc1nc(C[NH+]2CCOCC2)nc2sc(C)c(C)c12. The number of nitrogens with one attached hydrogen (secondary N) is 1. The van der Waals surface area contributed by atoms with Crippen LogP contribution in [0.25, 0.3) is 10.2 Å². The fourth-order valence-electron chi connectivity index (χ4n) is 3.47. The van der Waals surface area contributed by atoms with Gasteiger partial charge in [0.05, 0.1) is 32.3 Å². The number of methoxy groups -OCH3 is 1. The van der Waals surface area contributed by atoms with Crippen molar-refractivity contribution in [2.75, 3.05) is 33.4 Å². The summed E-state index contributed by atoms with van der Waals surface area (Å²) >= 11 is 1.67. The molecule has 7 nitrogen and oxygen atoms in total. The van der Waals surface area contributed by atoms with Gasteiger partial charge in [-0.05, 0) is 37.1 Å². The van der Waals surface area contributed by atoms with E-state index < -0.39 is 0 Å². The summed E-state index contributed by atoms with van der Waals surface area (Å²) in [6.45, 7) is 8.31. The molecule has 0 bridgehead atoms. The lowest BCUT2D eigenvalue weighted by atomic mass is 10.2. The number of ether oxygens (including phenoxy) is 3. The molecule has 0 spiro atoms. The predicted molar refractivity (Wildman–Crippen MR) is 111 cm³/mol. The molecule has 2 N–H and O–H groups in total. The van der Waals surface area contributed by atoms with Gasteiger partial charge in [0.2, 0.25) is 5.88 Å². The molecule has 0 unspecified atom stereocenters. The van der Waals surface area contributed by atoms with Crippen LogP contribution in [-0.4, -0.2) is 48.5 Å². The van der Waals surface area contributed by atoms with E-state index in [4.69, 9.17) is 24.2 Å². The number of aromatic nitrogens is 2. The molecule has 2 aromatic heterocycles. The molecular formula is C21H26N3O4S+. The normalized spacial score (nSPS) is 15.0. The van der Waals surface area contributed by atoms with Crippen LogP contribution in [-0.2, 0) is 17.9 Å². The summed E-state index contributed by atoms with van der Waals surface area (Å²) in [6, 6.07) is 5.40. The molecule has 0 amide bonds. The van der Waals surface area contributed by atoms with E-state index in [9.17, 15) is 5.11 Å². The van der Waals surface area contributed by atoms with Crippen molar-refractivity contribution in [1.82, 2.24) is 9.97 Å². The van der Waals surface area contributed by atoms with Crippen LogP contribution in [0.15, 0.2) is 18.2 Å². The molecule has 3 heterocycles. The number of hydrogen-bond donors (Lipinski definition) is 2. The van der Waals surface area contributed by atoms with Gasteiger partial charge in [-0.2, -0.15) is 4.98 Å². The maximum Gasteiger partial charge on any atom is 0.232 e. The van der Waals surface area contributed by atoms with E-state index >= 15 is 0 Å². The average Bonchev–Trinajstić information content (AvgIpc) is 3.02. The number of aliphatic hydroxyl groups is 1. The van der Waals surface area contributed by atoms with Crippen molar-refractivity contribution in [2.24, 2.45) is 0 Å². The molecule has 1 saturated heterocycles. The quantitative estimate of drug-likeness (QED) is 0.640. The average molecular weight is 417 g/mol. The Hall–Kier alpha value is -2.26. The fraction of sp³-hybridized carbons (Fsp3) is 0.429. The summed E-state index contributed by atoms with van der Waals surface area (Å²) in [6.07, 6.45) is 0. The van der Waals surface area contributed by atoms with Crippen molar-refractivity contribution in [2.45, 2.75) is 27.0 Å². The number of morpholine rings is 1. The summed E-state index contributed by atoms with van der Waals surface area (Å²) in [5, 5.41) is 10.3. The molecular weight excluding hydrogens is 390 g/mol. The van der Waals surface area contributed by atoms with Crippen LogP contribution in [0.5, 0.6) is 17.4 Å². The summed E-state index contributed by atoms with van der Waals surface area (Å²) in [7, 11) is 1.59. The van der Waals surface area contributed by atoms with Gasteiger partial charge in [-0.15, -0.1) is 11.3 Å². The third-order valence-electron chi connectivity index (χ3n) is 5.27. The van der Waals surface area contributed by atoms with Gasteiger partial charge < -0.3 is 24.2 Å². The highest BCUT2D eigenvalue weighted by atomic mass is 32.1. The van der Waals surface area contributed by atoms with Crippen LogP contribution in [0, 0.1) is 13.8 Å². The lowest BCUT2D eigenvalue weighted by Crippen LogP contribution is -3.12. The second-order valence-corrected chi connectivity index (χ2v) is 8.40. The van der Waals surface area contributed by atoms with Crippen LogP contribution < -0.4 is 14.4 Å². The Kier molecular flexibility index (Phi) is 5.96. The number of hydrogen-bond acceptors (Lipinski definition) is 7. The molecule has 1 aliphatic heterocycles. The lowest BCUT2D eigenvalue weighted by molar-refractivity contribution is -0.922. The second-order valence-electron chi connectivity index (χ2n) is 7.19. The highest BCUT2D eigenvalue weighted by Gasteiger charge is 2.21. The van der Waals surface area contributed by atoms with E-state index in [0.717, 1.165) is 60.0 Å². The molecule has 4 rings (SSSR count). The Morgan fingerprint density at radius 1 is 1.17 bits per heavy atom. The third-order valence-corrected chi connectivity index (χ3v) is 6.37. The number of benzene rings is 1. The Morgan fingerprint density at radius 2 is 1.97 bits per heavy atom. The molecule has 1 aromatic carbocycles. The molecule has 1 fully saturated rings. The van der Waals surface area contributed by atoms with E-state index in [0.29, 0.717) is 17.4 Å². The first-order valence-corrected chi connectivity index (χ1v) is 10.5. The molecule has 3 aromatic rings. The smallest absolute Gasteiger partial charge is 0.232 e. The number of quaternary nitrogens is 1. The van der Waals surface area contributed by atoms with E-state index in [1.165, 1.54) is 9.78 Å². The van der Waals surface area contributed by atoms with E-state index in [1.54, 1.807) is 30.6 Å². The van der Waals surface area contributed by atoms with E-state index in [2.05, 4.69) is 13.8 Å². The minimum absolute atomic E-state index is 0.0519. The van der Waals surface area contributed by atoms with E-state index in [-0.39, 0.29) is 6.61 Å². The zero-order chi connectivity index (χ0) is 20.4. The second kappa shape index (κ2) is 8.62. The zero-order valence-corrected chi connectivity index (χ0v) is 17.8. The standard InChI is InChI=1S/C21H25N3O4S/c1-13-14(2)29-21-19(13)20(22-18(23-21)11-24-6-8-27-9-7-24)28-16-5-4-15(12-25)10-17(16)26-3/h4-5,10,25H,6-9,11-12H2,1-3H3/p+1. The number of nitrogens with zero attached hydrogens (tertiary/aromatic N) is 2. The molecule has 0 radical (unpaired) electrons. The van der Waals surface area contributed by atoms with Gasteiger partial charge in [-0.1, -0.05) is 6.07 Å². The fourth-order valence-corrected chi connectivity index (χ4v) is 4.51. The Bertz CT molecular complexity index is 1010. The van der Waals surface area contributed by atoms with Gasteiger partial charge in [0.25, 0.3) is 0 Å².